The summed E-state index contributed by atoms with van der Waals surface area (Å²) in [5, 5.41) is 0. The number of allylic oxidation sites excluding steroid dienone is 3. The van der Waals surface area contributed by atoms with Crippen molar-refractivity contribution in [3.63, 3.8) is 0 Å². The van der Waals surface area contributed by atoms with Gasteiger partial charge in [-0.25, -0.2) is 0 Å². The van der Waals surface area contributed by atoms with E-state index >= 15 is 0 Å². The van der Waals surface area contributed by atoms with Crippen LogP contribution in [0.1, 0.15) is 66.9 Å². The number of piperidine rings is 1. The van der Waals surface area contributed by atoms with Crippen molar-refractivity contribution in [3.05, 3.63) is 83.0 Å². The number of fused-ring (bicyclic) bond motifs is 6. The number of benzene rings is 2. The lowest BCUT2D eigenvalue weighted by Crippen LogP contribution is -2.63. The van der Waals surface area contributed by atoms with E-state index in [1.54, 1.807) is 0 Å². The minimum Gasteiger partial charge on any atom is -0.355 e. The topological polar surface area (TPSA) is 21.7 Å². The highest BCUT2D eigenvalue weighted by atomic mass is 16.7. The minimum atomic E-state index is -0.739. The molecule has 0 amide bonds. The fraction of sp³-hybridized carbons (Fsp3) is 0.486. The average molecular weight is 510 g/mol. The smallest absolute Gasteiger partial charge is 0.213 e. The van der Waals surface area contributed by atoms with Crippen molar-refractivity contribution in [2.45, 2.75) is 85.3 Å². The zero-order valence-electron chi connectivity index (χ0n) is 24.1. The molecule has 3 heteroatoms. The van der Waals surface area contributed by atoms with Crippen LogP contribution >= 0.6 is 0 Å². The van der Waals surface area contributed by atoms with Crippen LogP contribution in [0.15, 0.2) is 77.4 Å². The molecule has 3 nitrogen and oxygen atoms in total. The molecule has 0 bridgehead atoms. The molecule has 5 atom stereocenters. The Morgan fingerprint density at radius 1 is 0.921 bits per heavy atom. The zero-order chi connectivity index (χ0) is 26.8. The highest BCUT2D eigenvalue weighted by Crippen LogP contribution is 2.53. The Labute approximate surface area is 229 Å². The third kappa shape index (κ3) is 4.19. The summed E-state index contributed by atoms with van der Waals surface area (Å²) in [6.45, 7) is 16.8. The average Bonchev–Trinajstić information content (AvgIpc) is 2.87. The lowest BCUT2D eigenvalue weighted by atomic mass is 9.70. The van der Waals surface area contributed by atoms with Crippen LogP contribution in [0, 0.1) is 17.8 Å². The van der Waals surface area contributed by atoms with E-state index < -0.39 is 5.79 Å². The second-order valence-corrected chi connectivity index (χ2v) is 12.6. The highest BCUT2D eigenvalue weighted by molar-refractivity contribution is 5.86. The highest BCUT2D eigenvalue weighted by Gasteiger charge is 2.54. The molecule has 3 aliphatic heterocycles. The van der Waals surface area contributed by atoms with Crippen molar-refractivity contribution < 1.29 is 9.47 Å². The number of ether oxygens (including phenoxy) is 2. The quantitative estimate of drug-likeness (QED) is 0.414. The van der Waals surface area contributed by atoms with Crippen molar-refractivity contribution in [3.8, 4) is 11.1 Å². The monoisotopic (exact) mass is 509 g/mol. The summed E-state index contributed by atoms with van der Waals surface area (Å²) >= 11 is 0. The molecule has 38 heavy (non-hydrogen) atoms. The van der Waals surface area contributed by atoms with Gasteiger partial charge in [0.15, 0.2) is 0 Å². The van der Waals surface area contributed by atoms with Crippen LogP contribution in [0.3, 0.4) is 0 Å². The van der Waals surface area contributed by atoms with Crippen LogP contribution in [0.25, 0.3) is 16.7 Å². The molecule has 1 aliphatic carbocycles. The Kier molecular flexibility index (Phi) is 6.44. The predicted molar refractivity (Wildman–Crippen MR) is 158 cm³/mol. The van der Waals surface area contributed by atoms with Crippen molar-refractivity contribution in [2.24, 2.45) is 17.8 Å². The van der Waals surface area contributed by atoms with Crippen LogP contribution in [-0.2, 0) is 9.47 Å². The fourth-order valence-electron chi connectivity index (χ4n) is 7.30. The Morgan fingerprint density at radius 2 is 1.63 bits per heavy atom. The number of hydrogen-bond acceptors (Lipinski definition) is 3. The molecule has 200 valence electrons. The summed E-state index contributed by atoms with van der Waals surface area (Å²) in [6, 6.07) is 18.0. The summed E-state index contributed by atoms with van der Waals surface area (Å²) in [5.41, 5.74) is 10.8. The zero-order valence-corrected chi connectivity index (χ0v) is 24.1. The molecule has 0 aromatic heterocycles. The van der Waals surface area contributed by atoms with E-state index in [0.29, 0.717) is 24.3 Å². The molecule has 0 N–H and O–H groups in total. The second kappa shape index (κ2) is 9.54. The predicted octanol–water partition coefficient (Wildman–Crippen LogP) is 8.42. The molecule has 6 rings (SSSR count). The van der Waals surface area contributed by atoms with E-state index in [-0.39, 0.29) is 18.2 Å². The van der Waals surface area contributed by atoms with Crippen molar-refractivity contribution >= 4 is 11.3 Å². The first-order valence-corrected chi connectivity index (χ1v) is 14.6. The van der Waals surface area contributed by atoms with Crippen LogP contribution in [0.5, 0.6) is 0 Å². The molecule has 1 spiro atoms. The normalized spacial score (nSPS) is 32.5. The lowest BCUT2D eigenvalue weighted by Gasteiger charge is -2.56. The Bertz CT molecular complexity index is 1310. The van der Waals surface area contributed by atoms with Gasteiger partial charge in [-0.15, -0.1) is 0 Å². The first kappa shape index (κ1) is 25.6. The summed E-state index contributed by atoms with van der Waals surface area (Å²) in [5.74, 6) is 0.795. The maximum atomic E-state index is 6.87. The molecular formula is C35H43NO2. The SMILES string of the molecule is CC1=C2C(=CC(C)C1C)C1C=C(CC(C)C)c3cc(-c4ccccc4)ccc3N1CC21OC(C)CC(C)O1. The van der Waals surface area contributed by atoms with E-state index in [1.807, 2.05) is 0 Å². The Morgan fingerprint density at radius 3 is 2.32 bits per heavy atom. The summed E-state index contributed by atoms with van der Waals surface area (Å²) in [7, 11) is 0. The third-order valence-corrected chi connectivity index (χ3v) is 9.20. The number of rotatable bonds is 3. The summed E-state index contributed by atoms with van der Waals surface area (Å²) in [6.07, 6.45) is 7.39. The maximum Gasteiger partial charge on any atom is 0.213 e. The van der Waals surface area contributed by atoms with Crippen LogP contribution in [0.4, 0.5) is 5.69 Å². The van der Waals surface area contributed by atoms with E-state index in [0.717, 1.165) is 12.8 Å². The van der Waals surface area contributed by atoms with Gasteiger partial charge in [-0.1, -0.05) is 81.8 Å². The van der Waals surface area contributed by atoms with Gasteiger partial charge >= 0.3 is 0 Å². The van der Waals surface area contributed by atoms with Gasteiger partial charge in [-0.05, 0) is 85.8 Å². The van der Waals surface area contributed by atoms with Gasteiger partial charge in [0.25, 0.3) is 0 Å². The van der Waals surface area contributed by atoms with Gasteiger partial charge < -0.3 is 14.4 Å². The molecule has 3 heterocycles. The van der Waals surface area contributed by atoms with Crippen molar-refractivity contribution in [1.29, 1.82) is 0 Å². The molecule has 2 aromatic carbocycles. The molecule has 2 fully saturated rings. The maximum absolute atomic E-state index is 6.87. The van der Waals surface area contributed by atoms with Crippen LogP contribution in [-0.4, -0.2) is 30.6 Å². The summed E-state index contributed by atoms with van der Waals surface area (Å²) < 4.78 is 13.7. The van der Waals surface area contributed by atoms with Crippen molar-refractivity contribution in [2.75, 3.05) is 11.4 Å². The lowest BCUT2D eigenvalue weighted by molar-refractivity contribution is -0.287. The number of anilines is 1. The van der Waals surface area contributed by atoms with E-state index in [9.17, 15) is 0 Å². The van der Waals surface area contributed by atoms with E-state index in [4.69, 9.17) is 9.47 Å². The fourth-order valence-corrected chi connectivity index (χ4v) is 7.30. The standard InChI is InChI=1S/C35H43NO2/c1-21(2)15-29-19-33-31-16-22(3)25(6)26(7)34(31)35(37-23(4)17-24(5)38-35)20-36(33)32-14-13-28(18-30(29)32)27-11-9-8-10-12-27/h8-14,16,18-19,21-25,33H,15,17,20H2,1-7H3. The third-order valence-electron chi connectivity index (χ3n) is 9.20. The summed E-state index contributed by atoms with van der Waals surface area (Å²) in [4.78, 5) is 2.57. The van der Waals surface area contributed by atoms with Gasteiger partial charge in [0, 0.05) is 16.8 Å². The molecular weight excluding hydrogens is 466 g/mol. The van der Waals surface area contributed by atoms with Gasteiger partial charge in [-0.2, -0.15) is 0 Å². The van der Waals surface area contributed by atoms with E-state index in [1.165, 1.54) is 44.7 Å². The molecule has 2 saturated heterocycles. The number of nitrogens with zero attached hydrogens (tertiary/aromatic N) is 1. The van der Waals surface area contributed by atoms with E-state index in [2.05, 4.69) is 114 Å². The first-order valence-electron chi connectivity index (χ1n) is 14.6. The Hall–Kier alpha value is -2.62. The number of hydrogen-bond donors (Lipinski definition) is 0. The van der Waals surface area contributed by atoms with Gasteiger partial charge in [0.05, 0.1) is 24.8 Å². The van der Waals surface area contributed by atoms with Crippen LogP contribution < -0.4 is 4.90 Å². The van der Waals surface area contributed by atoms with Gasteiger partial charge in [0.1, 0.15) is 0 Å². The minimum absolute atomic E-state index is 0.156. The van der Waals surface area contributed by atoms with Crippen molar-refractivity contribution in [1.82, 2.24) is 0 Å². The van der Waals surface area contributed by atoms with Gasteiger partial charge in [0.2, 0.25) is 5.79 Å². The molecule has 2 aromatic rings. The molecule has 0 radical (unpaired) electrons. The van der Waals surface area contributed by atoms with Crippen LogP contribution in [0.2, 0.25) is 0 Å². The first-order chi connectivity index (χ1) is 18.2. The molecule has 4 aliphatic rings. The Balaban J connectivity index is 1.54. The molecule has 5 unspecified atom stereocenters. The second-order valence-electron chi connectivity index (χ2n) is 12.6. The molecule has 0 saturated carbocycles. The largest absolute Gasteiger partial charge is 0.355 e. The van der Waals surface area contributed by atoms with Gasteiger partial charge in [-0.3, -0.25) is 0 Å².